The van der Waals surface area contributed by atoms with E-state index in [4.69, 9.17) is 24.8 Å². The number of nitrogens with two attached hydrogens (primary N) is 1. The van der Waals surface area contributed by atoms with Gasteiger partial charge in [0.1, 0.15) is 12.6 Å². The van der Waals surface area contributed by atoms with E-state index in [-0.39, 0.29) is 19.4 Å². The number of phosphoric ester groups is 1. The Morgan fingerprint density at radius 3 is 1.70 bits per heavy atom. The van der Waals surface area contributed by atoms with Crippen LogP contribution in [0.25, 0.3) is 0 Å². The maximum atomic E-state index is 12.4. The Kier molecular flexibility index (Phi) is 29.9. The topological polar surface area (TPSA) is 172 Å². The van der Waals surface area contributed by atoms with Crippen molar-refractivity contribution in [1.29, 1.82) is 0 Å². The standard InChI is InChI=1S/C35H64NO10P/c1-3-5-7-8-9-10-11-12-13-14-15-16-17-18-19-20-21-22-23-24-25-27-34(38)46-31(28-43-33(37)26-6-4-2)29-44-47(41,42)45-30-32(36)35(39)40/h11-12,14-15,31-32H,3-10,13,16-30,36H2,1-2H3,(H,39,40)(H,41,42)/b12-11-,15-14-. The minimum absolute atomic E-state index is 0.156. The number of hydrogen-bond acceptors (Lipinski definition) is 9. The number of carbonyl (C=O) groups excluding carboxylic acids is 2. The third-order valence-electron chi connectivity index (χ3n) is 7.45. The first-order valence-electron chi connectivity index (χ1n) is 17.9. The lowest BCUT2D eigenvalue weighted by molar-refractivity contribution is -0.161. The molecule has 0 amide bonds. The molecule has 3 atom stereocenters. The molecule has 0 rings (SSSR count). The van der Waals surface area contributed by atoms with E-state index in [1.807, 2.05) is 6.92 Å². The average Bonchev–Trinajstić information content (AvgIpc) is 3.04. The molecule has 0 aliphatic heterocycles. The van der Waals surface area contributed by atoms with Gasteiger partial charge in [-0.25, -0.2) is 4.57 Å². The van der Waals surface area contributed by atoms with Crippen LogP contribution < -0.4 is 5.73 Å². The molecular weight excluding hydrogens is 625 g/mol. The highest BCUT2D eigenvalue weighted by molar-refractivity contribution is 7.47. The third-order valence-corrected chi connectivity index (χ3v) is 8.40. The summed E-state index contributed by atoms with van der Waals surface area (Å²) in [5.74, 6) is -2.43. The van der Waals surface area contributed by atoms with Gasteiger partial charge >= 0.3 is 25.7 Å². The van der Waals surface area contributed by atoms with Gasteiger partial charge in [-0.05, 0) is 44.9 Å². The molecule has 0 aromatic heterocycles. The summed E-state index contributed by atoms with van der Waals surface area (Å²) in [6.45, 7) is 2.48. The molecular formula is C35H64NO10P. The van der Waals surface area contributed by atoms with Gasteiger partial charge in [0, 0.05) is 12.8 Å². The lowest BCUT2D eigenvalue weighted by Crippen LogP contribution is -2.34. The summed E-state index contributed by atoms with van der Waals surface area (Å²) in [6, 6.07) is -1.52. The Balaban J connectivity index is 4.09. The lowest BCUT2D eigenvalue weighted by atomic mass is 10.1. The fraction of sp³-hybridized carbons (Fsp3) is 0.800. The lowest BCUT2D eigenvalue weighted by Gasteiger charge is -2.20. The minimum atomic E-state index is -4.69. The van der Waals surface area contributed by atoms with Crippen molar-refractivity contribution in [1.82, 2.24) is 0 Å². The smallest absolute Gasteiger partial charge is 0.472 e. The predicted molar refractivity (Wildman–Crippen MR) is 185 cm³/mol. The van der Waals surface area contributed by atoms with Crippen LogP contribution in [0.3, 0.4) is 0 Å². The highest BCUT2D eigenvalue weighted by atomic mass is 31.2. The molecule has 3 unspecified atom stereocenters. The first-order chi connectivity index (χ1) is 22.6. The Morgan fingerprint density at radius 2 is 1.15 bits per heavy atom. The largest absolute Gasteiger partial charge is 0.480 e. The second-order valence-electron chi connectivity index (χ2n) is 12.0. The third kappa shape index (κ3) is 31.0. The van der Waals surface area contributed by atoms with Gasteiger partial charge in [0.25, 0.3) is 0 Å². The molecule has 0 aromatic rings. The van der Waals surface area contributed by atoms with Crippen LogP contribution in [0.1, 0.15) is 149 Å². The SMILES string of the molecule is CCCCCCC/C=C\C/C=C\CCCCCCCCCCCC(=O)OC(COC(=O)CCCC)COP(=O)(O)OCC(N)C(=O)O. The van der Waals surface area contributed by atoms with Gasteiger partial charge in [-0.3, -0.25) is 23.4 Å². The van der Waals surface area contributed by atoms with Crippen molar-refractivity contribution in [3.63, 3.8) is 0 Å². The summed E-state index contributed by atoms with van der Waals surface area (Å²) >= 11 is 0. The highest BCUT2D eigenvalue weighted by Gasteiger charge is 2.28. The van der Waals surface area contributed by atoms with Crippen molar-refractivity contribution >= 4 is 25.7 Å². The molecule has 47 heavy (non-hydrogen) atoms. The number of esters is 2. The number of rotatable bonds is 33. The van der Waals surface area contributed by atoms with E-state index in [0.29, 0.717) is 12.8 Å². The van der Waals surface area contributed by atoms with Gasteiger partial charge in [-0.1, -0.05) is 115 Å². The molecule has 0 radical (unpaired) electrons. The number of hydrogen-bond donors (Lipinski definition) is 3. The Morgan fingerprint density at radius 1 is 0.660 bits per heavy atom. The monoisotopic (exact) mass is 689 g/mol. The Bertz CT molecular complexity index is 911. The predicted octanol–water partition coefficient (Wildman–Crippen LogP) is 8.33. The van der Waals surface area contributed by atoms with E-state index in [2.05, 4.69) is 35.8 Å². The van der Waals surface area contributed by atoms with Crippen LogP contribution >= 0.6 is 7.82 Å². The van der Waals surface area contributed by atoms with Crippen LogP contribution in [-0.4, -0.2) is 59.9 Å². The van der Waals surface area contributed by atoms with E-state index < -0.39 is 51.1 Å². The van der Waals surface area contributed by atoms with E-state index in [0.717, 1.165) is 38.5 Å². The van der Waals surface area contributed by atoms with Gasteiger partial charge in [0.15, 0.2) is 6.10 Å². The summed E-state index contributed by atoms with van der Waals surface area (Å²) < 4.78 is 32.0. The summed E-state index contributed by atoms with van der Waals surface area (Å²) in [5, 5.41) is 8.79. The van der Waals surface area contributed by atoms with Crippen molar-refractivity contribution in [3.8, 4) is 0 Å². The van der Waals surface area contributed by atoms with Gasteiger partial charge in [-0.2, -0.15) is 0 Å². The molecule has 0 aromatic carbocycles. The summed E-state index contributed by atoms with van der Waals surface area (Å²) in [4.78, 5) is 44.9. The molecule has 11 nitrogen and oxygen atoms in total. The van der Waals surface area contributed by atoms with Crippen molar-refractivity contribution in [2.75, 3.05) is 19.8 Å². The summed E-state index contributed by atoms with van der Waals surface area (Å²) in [6.07, 6.45) is 29.6. The van der Waals surface area contributed by atoms with E-state index >= 15 is 0 Å². The van der Waals surface area contributed by atoms with E-state index in [1.54, 1.807) is 0 Å². The fourth-order valence-corrected chi connectivity index (χ4v) is 5.32. The molecule has 4 N–H and O–H groups in total. The molecule has 0 spiro atoms. The number of aliphatic carboxylic acids is 1. The van der Waals surface area contributed by atoms with Crippen LogP contribution in [0.15, 0.2) is 24.3 Å². The van der Waals surface area contributed by atoms with Crippen molar-refractivity contribution < 1.29 is 47.5 Å². The minimum Gasteiger partial charge on any atom is -0.480 e. The Labute approximate surface area is 283 Å². The fourth-order valence-electron chi connectivity index (χ4n) is 4.54. The van der Waals surface area contributed by atoms with Crippen LogP contribution in [-0.2, 0) is 37.5 Å². The number of ether oxygens (including phenoxy) is 2. The molecule has 0 bridgehead atoms. The molecule has 0 fully saturated rings. The maximum absolute atomic E-state index is 12.4. The zero-order chi connectivity index (χ0) is 35.0. The molecule has 0 aliphatic rings. The highest BCUT2D eigenvalue weighted by Crippen LogP contribution is 2.43. The molecule has 0 aliphatic carbocycles. The van der Waals surface area contributed by atoms with Gasteiger partial charge < -0.3 is 25.2 Å². The summed E-state index contributed by atoms with van der Waals surface area (Å²) in [7, 11) is -4.69. The second kappa shape index (κ2) is 31.2. The number of allylic oxidation sites excluding steroid dienone is 4. The number of carboxylic acid groups (broad SMARTS) is 1. The molecule has 274 valence electrons. The zero-order valence-electron chi connectivity index (χ0n) is 29.1. The Hall–Kier alpha value is -2.04. The molecule has 0 saturated carbocycles. The van der Waals surface area contributed by atoms with Crippen LogP contribution in [0.2, 0.25) is 0 Å². The molecule has 12 heteroatoms. The van der Waals surface area contributed by atoms with Crippen LogP contribution in [0.5, 0.6) is 0 Å². The average molecular weight is 690 g/mol. The first kappa shape index (κ1) is 45.0. The quantitative estimate of drug-likeness (QED) is 0.0262. The zero-order valence-corrected chi connectivity index (χ0v) is 30.0. The maximum Gasteiger partial charge on any atom is 0.472 e. The van der Waals surface area contributed by atoms with Gasteiger partial charge in [0.05, 0.1) is 13.2 Å². The normalized spacial score (nSPS) is 14.3. The van der Waals surface area contributed by atoms with Gasteiger partial charge in [0.2, 0.25) is 0 Å². The van der Waals surface area contributed by atoms with Crippen molar-refractivity contribution in [3.05, 3.63) is 24.3 Å². The first-order valence-corrected chi connectivity index (χ1v) is 19.4. The van der Waals surface area contributed by atoms with Crippen LogP contribution in [0, 0.1) is 0 Å². The molecule has 0 saturated heterocycles. The number of phosphoric acid groups is 1. The number of unbranched alkanes of at least 4 members (excludes halogenated alkanes) is 15. The molecule has 0 heterocycles. The second-order valence-corrected chi connectivity index (χ2v) is 13.5. The van der Waals surface area contributed by atoms with E-state index in [9.17, 15) is 23.8 Å². The van der Waals surface area contributed by atoms with Gasteiger partial charge in [-0.15, -0.1) is 0 Å². The van der Waals surface area contributed by atoms with Crippen molar-refractivity contribution in [2.45, 2.75) is 161 Å². The van der Waals surface area contributed by atoms with E-state index in [1.165, 1.54) is 70.6 Å². The van der Waals surface area contributed by atoms with Crippen molar-refractivity contribution in [2.24, 2.45) is 5.73 Å². The summed E-state index contributed by atoms with van der Waals surface area (Å²) in [5.41, 5.74) is 5.27. The number of carboxylic acids is 1. The number of carbonyl (C=O) groups is 3. The van der Waals surface area contributed by atoms with Crippen LogP contribution in [0.4, 0.5) is 0 Å².